The molecule has 5 nitrogen and oxygen atoms in total. The number of rotatable bonds is 2. The molecule has 0 aliphatic heterocycles. The van der Waals surface area contributed by atoms with Crippen molar-refractivity contribution in [2.75, 3.05) is 5.73 Å². The molecule has 0 spiro atoms. The van der Waals surface area contributed by atoms with Crippen LogP contribution in [0.3, 0.4) is 0 Å². The Hall–Kier alpha value is -1.91. The fraction of sp³-hybridized carbons (Fsp3) is 0.462. The first-order valence-electron chi connectivity index (χ1n) is 6.47. The number of fused-ring (bicyclic) bond motifs is 1. The van der Waals surface area contributed by atoms with E-state index in [0.717, 1.165) is 11.3 Å². The summed E-state index contributed by atoms with van der Waals surface area (Å²) in [6.45, 7) is 0. The van der Waals surface area contributed by atoms with Crippen molar-refractivity contribution in [2.45, 2.75) is 32.1 Å². The van der Waals surface area contributed by atoms with Crippen LogP contribution in [0.25, 0.3) is 11.7 Å². The fourth-order valence-corrected chi connectivity index (χ4v) is 2.52. The maximum atomic E-state index is 5.85. The van der Waals surface area contributed by atoms with Crippen molar-refractivity contribution in [2.24, 2.45) is 5.92 Å². The van der Waals surface area contributed by atoms with Gasteiger partial charge in [0, 0.05) is 6.07 Å². The molecule has 1 aliphatic rings. The average Bonchev–Trinajstić information content (AvgIpc) is 2.86. The zero-order valence-corrected chi connectivity index (χ0v) is 10.3. The van der Waals surface area contributed by atoms with E-state index in [0.29, 0.717) is 11.9 Å². The van der Waals surface area contributed by atoms with Crippen molar-refractivity contribution in [1.29, 1.82) is 0 Å². The molecule has 0 unspecified atom stereocenters. The molecule has 0 bridgehead atoms. The third kappa shape index (κ3) is 2.20. The molecule has 0 radical (unpaired) electrons. The maximum absolute atomic E-state index is 5.85. The summed E-state index contributed by atoms with van der Waals surface area (Å²) in [6.07, 6.45) is 12.5. The van der Waals surface area contributed by atoms with Crippen molar-refractivity contribution in [1.82, 2.24) is 19.6 Å². The number of hydrogen-bond donors (Lipinski definition) is 1. The Labute approximate surface area is 106 Å². The summed E-state index contributed by atoms with van der Waals surface area (Å²) in [4.78, 5) is 4.33. The zero-order chi connectivity index (χ0) is 12.4. The molecule has 2 heterocycles. The minimum atomic E-state index is 0.431. The minimum Gasteiger partial charge on any atom is -0.369 e. The molecule has 0 amide bonds. The van der Waals surface area contributed by atoms with Gasteiger partial charge in [-0.25, -0.2) is 4.98 Å². The fourth-order valence-electron chi connectivity index (χ4n) is 2.52. The molecule has 94 valence electrons. The van der Waals surface area contributed by atoms with E-state index in [2.05, 4.69) is 27.3 Å². The van der Waals surface area contributed by atoms with E-state index >= 15 is 0 Å². The lowest BCUT2D eigenvalue weighted by molar-refractivity contribution is 0.420. The van der Waals surface area contributed by atoms with Gasteiger partial charge in [0.2, 0.25) is 5.95 Å². The lowest BCUT2D eigenvalue weighted by Gasteiger charge is -2.17. The van der Waals surface area contributed by atoms with E-state index in [9.17, 15) is 0 Å². The molecule has 0 saturated heterocycles. The number of nitrogens with two attached hydrogens (primary N) is 1. The van der Waals surface area contributed by atoms with Crippen LogP contribution in [0, 0.1) is 5.92 Å². The summed E-state index contributed by atoms with van der Waals surface area (Å²) in [5.41, 5.74) is 7.45. The van der Waals surface area contributed by atoms with Crippen molar-refractivity contribution in [3.8, 4) is 0 Å². The van der Waals surface area contributed by atoms with E-state index < -0.39 is 0 Å². The molecule has 0 aromatic carbocycles. The second kappa shape index (κ2) is 4.76. The van der Waals surface area contributed by atoms with Crippen molar-refractivity contribution < 1.29 is 0 Å². The zero-order valence-electron chi connectivity index (χ0n) is 10.3. The third-order valence-electron chi connectivity index (χ3n) is 3.53. The lowest BCUT2D eigenvalue weighted by Crippen LogP contribution is -2.03. The largest absolute Gasteiger partial charge is 0.369 e. The molecule has 1 aliphatic carbocycles. The number of hydrogen-bond acceptors (Lipinski definition) is 4. The summed E-state index contributed by atoms with van der Waals surface area (Å²) < 4.78 is 1.68. The smallest absolute Gasteiger partial charge is 0.207 e. The SMILES string of the molecule is Nc1nc(C=CC2CCCCC2)cc2nncn12. The highest BCUT2D eigenvalue weighted by Crippen LogP contribution is 2.25. The Balaban J connectivity index is 1.83. The first kappa shape index (κ1) is 11.2. The van der Waals surface area contributed by atoms with Crippen LogP contribution in [-0.2, 0) is 0 Å². The van der Waals surface area contributed by atoms with E-state index in [1.807, 2.05) is 6.07 Å². The molecular weight excluding hydrogens is 226 g/mol. The Kier molecular flexibility index (Phi) is 2.96. The van der Waals surface area contributed by atoms with Gasteiger partial charge in [0.25, 0.3) is 0 Å². The van der Waals surface area contributed by atoms with Gasteiger partial charge in [-0.1, -0.05) is 25.3 Å². The van der Waals surface area contributed by atoms with Crippen molar-refractivity contribution in [3.05, 3.63) is 24.2 Å². The van der Waals surface area contributed by atoms with Gasteiger partial charge >= 0.3 is 0 Å². The van der Waals surface area contributed by atoms with Crippen LogP contribution >= 0.6 is 0 Å². The van der Waals surface area contributed by atoms with Crippen molar-refractivity contribution >= 4 is 17.7 Å². The molecule has 0 atom stereocenters. The van der Waals surface area contributed by atoms with Crippen LogP contribution < -0.4 is 5.73 Å². The summed E-state index contributed by atoms with van der Waals surface area (Å²) in [5.74, 6) is 1.12. The summed E-state index contributed by atoms with van der Waals surface area (Å²) in [5, 5.41) is 7.82. The van der Waals surface area contributed by atoms with Gasteiger partial charge in [0.1, 0.15) is 6.33 Å². The Morgan fingerprint density at radius 1 is 1.28 bits per heavy atom. The molecule has 2 aromatic heterocycles. The first-order chi connectivity index (χ1) is 8.83. The highest BCUT2D eigenvalue weighted by molar-refractivity contribution is 5.55. The minimum absolute atomic E-state index is 0.431. The predicted octanol–water partition coefficient (Wildman–Crippen LogP) is 2.30. The monoisotopic (exact) mass is 243 g/mol. The number of allylic oxidation sites excluding steroid dienone is 1. The molecule has 18 heavy (non-hydrogen) atoms. The molecular formula is C13H17N5. The summed E-state index contributed by atoms with van der Waals surface area (Å²) in [7, 11) is 0. The summed E-state index contributed by atoms with van der Waals surface area (Å²) in [6, 6.07) is 1.91. The molecule has 5 heteroatoms. The van der Waals surface area contributed by atoms with E-state index in [1.165, 1.54) is 32.1 Å². The van der Waals surface area contributed by atoms with Gasteiger partial charge in [0.05, 0.1) is 5.69 Å². The molecule has 1 saturated carbocycles. The Bertz CT molecular complexity index is 566. The average molecular weight is 243 g/mol. The number of aromatic nitrogens is 4. The van der Waals surface area contributed by atoms with Gasteiger partial charge < -0.3 is 5.73 Å². The highest BCUT2D eigenvalue weighted by Gasteiger charge is 2.10. The highest BCUT2D eigenvalue weighted by atomic mass is 15.3. The quantitative estimate of drug-likeness (QED) is 0.878. The van der Waals surface area contributed by atoms with Crippen LogP contribution in [0.2, 0.25) is 0 Å². The normalized spacial score (nSPS) is 17.8. The summed E-state index contributed by atoms with van der Waals surface area (Å²) >= 11 is 0. The maximum Gasteiger partial charge on any atom is 0.207 e. The standard InChI is InChI=1S/C13H17N5/c14-13-16-11(8-12-17-15-9-18(12)13)7-6-10-4-2-1-3-5-10/h6-10H,1-5H2,(H2,14,16). The van der Waals surface area contributed by atoms with Crippen molar-refractivity contribution in [3.63, 3.8) is 0 Å². The van der Waals surface area contributed by atoms with E-state index in [-0.39, 0.29) is 0 Å². The van der Waals surface area contributed by atoms with E-state index in [4.69, 9.17) is 5.73 Å². The first-order valence-corrected chi connectivity index (χ1v) is 6.47. The molecule has 2 N–H and O–H groups in total. The van der Waals surface area contributed by atoms with Crippen LogP contribution in [0.5, 0.6) is 0 Å². The second-order valence-corrected chi connectivity index (χ2v) is 4.86. The third-order valence-corrected chi connectivity index (χ3v) is 3.53. The number of anilines is 1. The van der Waals surface area contributed by atoms with Gasteiger partial charge in [-0.3, -0.25) is 4.40 Å². The van der Waals surface area contributed by atoms with Gasteiger partial charge in [-0.15, -0.1) is 10.2 Å². The van der Waals surface area contributed by atoms with Gasteiger partial charge in [0.15, 0.2) is 5.65 Å². The van der Waals surface area contributed by atoms with Crippen LogP contribution in [0.1, 0.15) is 37.8 Å². The topological polar surface area (TPSA) is 69.1 Å². The Morgan fingerprint density at radius 3 is 2.94 bits per heavy atom. The van der Waals surface area contributed by atoms with Gasteiger partial charge in [-0.05, 0) is 24.8 Å². The molecule has 1 fully saturated rings. The second-order valence-electron chi connectivity index (χ2n) is 4.86. The predicted molar refractivity (Wildman–Crippen MR) is 70.8 cm³/mol. The molecule has 3 rings (SSSR count). The lowest BCUT2D eigenvalue weighted by atomic mass is 9.89. The van der Waals surface area contributed by atoms with E-state index in [1.54, 1.807) is 10.7 Å². The number of nitrogen functional groups attached to an aromatic ring is 1. The van der Waals surface area contributed by atoms with Crippen LogP contribution in [0.15, 0.2) is 18.5 Å². The Morgan fingerprint density at radius 2 is 2.11 bits per heavy atom. The van der Waals surface area contributed by atoms with Gasteiger partial charge in [-0.2, -0.15) is 0 Å². The number of nitrogens with zero attached hydrogens (tertiary/aromatic N) is 4. The van der Waals surface area contributed by atoms with Crippen LogP contribution in [0.4, 0.5) is 5.95 Å². The molecule has 2 aromatic rings. The van der Waals surface area contributed by atoms with Crippen LogP contribution in [-0.4, -0.2) is 19.6 Å².